The molecule has 88 valence electrons. The van der Waals surface area contributed by atoms with Crippen LogP contribution in [-0.4, -0.2) is 15.2 Å². The van der Waals surface area contributed by atoms with Crippen molar-refractivity contribution >= 4 is 5.78 Å². The number of Topliss-reactive ketones (excluding diaryl/α,β-unsaturated/α-hetero) is 1. The van der Waals surface area contributed by atoms with Crippen LogP contribution in [0.15, 0.2) is 48.7 Å². The Balaban J connectivity index is 1.96. The van der Waals surface area contributed by atoms with E-state index in [2.05, 4.69) is 4.98 Å². The molecule has 0 spiro atoms. The number of hydrogen-bond donors (Lipinski definition) is 0. The Morgan fingerprint density at radius 2 is 1.94 bits per heavy atom. The van der Waals surface area contributed by atoms with Crippen LogP contribution in [0.25, 0.3) is 0 Å². The van der Waals surface area contributed by atoms with E-state index in [0.29, 0.717) is 4.43 Å². The topological polar surface area (TPSA) is 30.0 Å². The first-order chi connectivity index (χ1) is 8.25. The quantitative estimate of drug-likeness (QED) is 0.327. The number of halogens is 1. The van der Waals surface area contributed by atoms with Crippen LogP contribution >= 0.6 is 0 Å². The molecule has 0 aliphatic rings. The number of nitrogens with zero attached hydrogens (tertiary/aromatic N) is 1. The Bertz CT molecular complexity index is 493. The number of carbonyl (C=O) groups excluding carboxylic acids is 1. The molecule has 17 heavy (non-hydrogen) atoms. The van der Waals surface area contributed by atoms with Gasteiger partial charge in [-0.25, -0.2) is 0 Å². The summed E-state index contributed by atoms with van der Waals surface area (Å²) in [4.78, 5) is 16.2. The first kappa shape index (κ1) is 12.2. The summed E-state index contributed by atoms with van der Waals surface area (Å²) in [5.74, 6) is 0.225. The molecule has 0 saturated heterocycles. The molecule has 0 N–H and O–H groups in total. The van der Waals surface area contributed by atoms with Gasteiger partial charge in [-0.3, -0.25) is 0 Å². The van der Waals surface area contributed by atoms with Gasteiger partial charge in [0.2, 0.25) is 0 Å². The molecule has 1 heterocycles. The summed E-state index contributed by atoms with van der Waals surface area (Å²) < 4.78 is 1.70. The van der Waals surface area contributed by atoms with Crippen molar-refractivity contribution in [3.63, 3.8) is 0 Å². The van der Waals surface area contributed by atoms with Crippen LogP contribution in [0.3, 0.4) is 0 Å². The minimum atomic E-state index is -0.308. The number of aromatic nitrogens is 1. The van der Waals surface area contributed by atoms with Crippen LogP contribution in [-0.2, 0) is 0 Å². The van der Waals surface area contributed by atoms with E-state index in [1.54, 1.807) is 6.20 Å². The molecule has 0 bridgehead atoms. The Labute approximate surface area is 111 Å². The number of pyridine rings is 1. The molecule has 0 aliphatic heterocycles. The molecule has 2 aromatic rings. The van der Waals surface area contributed by atoms with Crippen molar-refractivity contribution in [3.8, 4) is 0 Å². The van der Waals surface area contributed by atoms with Crippen molar-refractivity contribution in [1.82, 2.24) is 4.98 Å². The molecule has 1 aromatic heterocycles. The van der Waals surface area contributed by atoms with E-state index in [1.165, 1.54) is 5.56 Å². The van der Waals surface area contributed by atoms with Gasteiger partial charge < -0.3 is 0 Å². The summed E-state index contributed by atoms with van der Waals surface area (Å²) in [6, 6.07) is 13.6. The number of carbonyl (C=O) groups is 1. The fourth-order valence-corrected chi connectivity index (χ4v) is 3.36. The molecule has 2 rings (SSSR count). The summed E-state index contributed by atoms with van der Waals surface area (Å²) in [6.45, 7) is 2.02. The molecular weight excluding hydrogens is 325 g/mol. The Hall–Kier alpha value is -1.23. The second-order valence-corrected chi connectivity index (χ2v) is 6.34. The second kappa shape index (κ2) is 5.91. The second-order valence-electron chi connectivity index (χ2n) is 3.71. The zero-order valence-corrected chi connectivity index (χ0v) is 11.7. The Morgan fingerprint density at radius 1 is 1.18 bits per heavy atom. The van der Waals surface area contributed by atoms with Crippen LogP contribution in [0.1, 0.15) is 15.9 Å². The fraction of sp³-hybridized carbons (Fsp3) is 0.143. The van der Waals surface area contributed by atoms with Crippen LogP contribution < -0.4 is 21.2 Å². The normalized spacial score (nSPS) is 10.4. The van der Waals surface area contributed by atoms with E-state index >= 15 is 0 Å². The molecule has 0 radical (unpaired) electrons. The van der Waals surface area contributed by atoms with Crippen LogP contribution in [0.4, 0.5) is 0 Å². The molecule has 0 fully saturated rings. The van der Waals surface area contributed by atoms with E-state index in [4.69, 9.17) is 0 Å². The fourth-order valence-electron chi connectivity index (χ4n) is 1.37. The van der Waals surface area contributed by atoms with Crippen molar-refractivity contribution in [3.05, 3.63) is 63.5 Å². The maximum absolute atomic E-state index is 11.9. The predicted octanol–water partition coefficient (Wildman–Crippen LogP) is -0.468. The van der Waals surface area contributed by atoms with Gasteiger partial charge in [0.1, 0.15) is 0 Å². The van der Waals surface area contributed by atoms with E-state index in [9.17, 15) is 4.79 Å². The Morgan fingerprint density at radius 3 is 2.59 bits per heavy atom. The van der Waals surface area contributed by atoms with Crippen LogP contribution in [0.2, 0.25) is 0 Å². The predicted molar refractivity (Wildman–Crippen MR) is 63.3 cm³/mol. The standard InChI is InChI=1S/C14H13INO/c1-11-5-7-12(8-6-11)13(17)10-15-14-4-2-3-9-16-14/h2-9H,10H2,1H3/q-1. The van der Waals surface area contributed by atoms with Gasteiger partial charge in [-0.05, 0) is 0 Å². The van der Waals surface area contributed by atoms with E-state index in [-0.39, 0.29) is 27.0 Å². The van der Waals surface area contributed by atoms with Gasteiger partial charge in [-0.1, -0.05) is 0 Å². The number of ketones is 1. The number of benzene rings is 1. The molecule has 2 nitrogen and oxygen atoms in total. The van der Waals surface area contributed by atoms with Gasteiger partial charge in [0, 0.05) is 0 Å². The first-order valence-electron chi connectivity index (χ1n) is 5.36. The molecule has 1 aromatic carbocycles. The van der Waals surface area contributed by atoms with E-state index < -0.39 is 0 Å². The molecule has 0 amide bonds. The van der Waals surface area contributed by atoms with E-state index in [1.807, 2.05) is 49.4 Å². The zero-order chi connectivity index (χ0) is 12.1. The summed E-state index contributed by atoms with van der Waals surface area (Å²) in [7, 11) is 0. The molecule has 0 saturated carbocycles. The van der Waals surface area contributed by atoms with E-state index in [0.717, 1.165) is 9.26 Å². The van der Waals surface area contributed by atoms with Crippen LogP contribution in [0, 0.1) is 10.6 Å². The summed E-state index contributed by atoms with van der Waals surface area (Å²) >= 11 is -0.308. The van der Waals surface area contributed by atoms with Gasteiger partial charge in [0.05, 0.1) is 0 Å². The first-order valence-corrected chi connectivity index (χ1v) is 7.96. The molecular formula is C14H13INO-. The Kier molecular flexibility index (Phi) is 4.25. The number of rotatable bonds is 4. The third kappa shape index (κ3) is 3.63. The maximum atomic E-state index is 11.9. The summed E-state index contributed by atoms with van der Waals surface area (Å²) in [5.41, 5.74) is 1.99. The molecule has 0 unspecified atom stereocenters. The average molecular weight is 338 g/mol. The van der Waals surface area contributed by atoms with Gasteiger partial charge in [-0.2, -0.15) is 0 Å². The van der Waals surface area contributed by atoms with Crippen molar-refractivity contribution in [2.45, 2.75) is 6.92 Å². The van der Waals surface area contributed by atoms with Crippen molar-refractivity contribution < 1.29 is 26.0 Å². The summed E-state index contributed by atoms with van der Waals surface area (Å²) in [5, 5.41) is 0. The van der Waals surface area contributed by atoms with Crippen molar-refractivity contribution in [2.24, 2.45) is 0 Å². The van der Waals surface area contributed by atoms with Gasteiger partial charge in [0.25, 0.3) is 0 Å². The van der Waals surface area contributed by atoms with Gasteiger partial charge in [-0.15, -0.1) is 0 Å². The monoisotopic (exact) mass is 338 g/mol. The number of hydrogen-bond acceptors (Lipinski definition) is 2. The third-order valence-electron chi connectivity index (χ3n) is 2.33. The molecule has 3 heteroatoms. The van der Waals surface area contributed by atoms with Gasteiger partial charge in [0.15, 0.2) is 0 Å². The van der Waals surface area contributed by atoms with Crippen molar-refractivity contribution in [2.75, 3.05) is 4.43 Å². The van der Waals surface area contributed by atoms with Gasteiger partial charge >= 0.3 is 112 Å². The average Bonchev–Trinajstić information content (AvgIpc) is 2.38. The third-order valence-corrected chi connectivity index (χ3v) is 4.82. The van der Waals surface area contributed by atoms with Crippen molar-refractivity contribution in [1.29, 1.82) is 0 Å². The number of alkyl halides is 1. The number of aryl methyl sites for hydroxylation is 1. The minimum absolute atomic E-state index is 0.225. The van der Waals surface area contributed by atoms with Crippen LogP contribution in [0.5, 0.6) is 0 Å². The zero-order valence-electron chi connectivity index (χ0n) is 9.56. The summed E-state index contributed by atoms with van der Waals surface area (Å²) in [6.07, 6.45) is 1.78. The molecule has 0 aliphatic carbocycles. The SMILES string of the molecule is Cc1ccc(C(=O)C[I-]c2ccccn2)cc1. The molecule has 0 atom stereocenters.